The molecule has 6 heteroatoms. The van der Waals surface area contributed by atoms with Crippen molar-refractivity contribution >= 4 is 11.8 Å². The Bertz CT molecular complexity index is 725. The molecule has 0 spiro atoms. The first kappa shape index (κ1) is 21.7. The highest BCUT2D eigenvalue weighted by molar-refractivity contribution is 5.79. The van der Waals surface area contributed by atoms with Crippen molar-refractivity contribution in [1.82, 2.24) is 20.5 Å². The average molecular weight is 383 g/mol. The van der Waals surface area contributed by atoms with Crippen molar-refractivity contribution in [2.24, 2.45) is 4.99 Å². The van der Waals surface area contributed by atoms with Gasteiger partial charge in [0.15, 0.2) is 5.96 Å². The molecular formula is C22H34N6. The molecule has 2 aromatic rings. The van der Waals surface area contributed by atoms with Crippen LogP contribution in [0.25, 0.3) is 0 Å². The van der Waals surface area contributed by atoms with Gasteiger partial charge in [-0.15, -0.1) is 0 Å². The van der Waals surface area contributed by atoms with E-state index in [2.05, 4.69) is 75.8 Å². The van der Waals surface area contributed by atoms with Crippen LogP contribution >= 0.6 is 0 Å². The third kappa shape index (κ3) is 6.23. The number of hydrogen-bond donors (Lipinski definition) is 2. The second-order valence-corrected chi connectivity index (χ2v) is 6.87. The Balaban J connectivity index is 2.00. The van der Waals surface area contributed by atoms with E-state index in [9.17, 15) is 0 Å². The number of rotatable bonds is 9. The molecule has 1 aromatic carbocycles. The van der Waals surface area contributed by atoms with Crippen LogP contribution in [0.15, 0.2) is 53.7 Å². The summed E-state index contributed by atoms with van der Waals surface area (Å²) >= 11 is 0. The number of likely N-dealkylation sites (N-methyl/N-ethyl adjacent to an activating group) is 1. The standard InChI is InChI=1S/C22H34N6/c1-6-28(7-2)20(19-11-9-8-10-12-19)17-26-22(23-3)25-16-18-13-14-24-21(15-18)27(4)5/h8-15,20H,6-7,16-17H2,1-5H3,(H2,23,25,26). The van der Waals surface area contributed by atoms with Gasteiger partial charge in [0.2, 0.25) is 0 Å². The minimum absolute atomic E-state index is 0.302. The van der Waals surface area contributed by atoms with Crippen molar-refractivity contribution in [3.8, 4) is 0 Å². The third-order valence-electron chi connectivity index (χ3n) is 4.85. The monoisotopic (exact) mass is 382 g/mol. The van der Waals surface area contributed by atoms with Gasteiger partial charge in [0.25, 0.3) is 0 Å². The smallest absolute Gasteiger partial charge is 0.191 e. The van der Waals surface area contributed by atoms with Crippen LogP contribution in [0.3, 0.4) is 0 Å². The molecule has 6 nitrogen and oxygen atoms in total. The van der Waals surface area contributed by atoms with Gasteiger partial charge in [0.1, 0.15) is 5.82 Å². The Morgan fingerprint density at radius 2 is 1.79 bits per heavy atom. The maximum absolute atomic E-state index is 4.39. The van der Waals surface area contributed by atoms with E-state index in [-0.39, 0.29) is 0 Å². The summed E-state index contributed by atoms with van der Waals surface area (Å²) in [4.78, 5) is 13.2. The van der Waals surface area contributed by atoms with Gasteiger partial charge in [-0.05, 0) is 36.3 Å². The molecule has 0 saturated carbocycles. The summed E-state index contributed by atoms with van der Waals surface area (Å²) < 4.78 is 0. The van der Waals surface area contributed by atoms with E-state index in [0.29, 0.717) is 12.6 Å². The van der Waals surface area contributed by atoms with E-state index in [4.69, 9.17) is 0 Å². The number of nitrogens with zero attached hydrogens (tertiary/aromatic N) is 4. The average Bonchev–Trinajstić information content (AvgIpc) is 2.74. The van der Waals surface area contributed by atoms with Crippen LogP contribution < -0.4 is 15.5 Å². The zero-order valence-corrected chi connectivity index (χ0v) is 17.8. The highest BCUT2D eigenvalue weighted by atomic mass is 15.2. The van der Waals surface area contributed by atoms with Gasteiger partial charge in [-0.3, -0.25) is 9.89 Å². The number of guanidine groups is 1. The number of nitrogens with one attached hydrogen (secondary N) is 2. The second kappa shape index (κ2) is 11.3. The molecule has 152 valence electrons. The quantitative estimate of drug-likeness (QED) is 0.516. The van der Waals surface area contributed by atoms with Crippen LogP contribution in [0.4, 0.5) is 5.82 Å². The van der Waals surface area contributed by atoms with Crippen molar-refractivity contribution in [3.63, 3.8) is 0 Å². The Hall–Kier alpha value is -2.60. The number of benzene rings is 1. The van der Waals surface area contributed by atoms with Crippen molar-refractivity contribution < 1.29 is 0 Å². The van der Waals surface area contributed by atoms with Crippen molar-refractivity contribution in [2.75, 3.05) is 45.7 Å². The van der Waals surface area contributed by atoms with Crippen molar-refractivity contribution in [2.45, 2.75) is 26.4 Å². The molecule has 1 heterocycles. The molecule has 0 fully saturated rings. The minimum Gasteiger partial charge on any atom is -0.363 e. The second-order valence-electron chi connectivity index (χ2n) is 6.87. The molecule has 0 bridgehead atoms. The molecule has 0 amide bonds. The lowest BCUT2D eigenvalue weighted by atomic mass is 10.1. The molecule has 28 heavy (non-hydrogen) atoms. The maximum Gasteiger partial charge on any atom is 0.191 e. The summed E-state index contributed by atoms with van der Waals surface area (Å²) in [5.41, 5.74) is 2.49. The van der Waals surface area contributed by atoms with Crippen LogP contribution in [-0.4, -0.2) is 56.6 Å². The largest absolute Gasteiger partial charge is 0.363 e. The molecule has 0 aliphatic carbocycles. The van der Waals surface area contributed by atoms with Gasteiger partial charge in [-0.1, -0.05) is 44.2 Å². The molecular weight excluding hydrogens is 348 g/mol. The van der Waals surface area contributed by atoms with E-state index in [1.807, 2.05) is 38.3 Å². The summed E-state index contributed by atoms with van der Waals surface area (Å²) in [5, 5.41) is 6.90. The van der Waals surface area contributed by atoms with E-state index in [0.717, 1.165) is 31.4 Å². The SMILES string of the molecule is CCN(CC)C(CNC(=NC)NCc1ccnc(N(C)C)c1)c1ccccc1. The molecule has 0 aliphatic rings. The lowest BCUT2D eigenvalue weighted by Gasteiger charge is -2.30. The third-order valence-corrected chi connectivity index (χ3v) is 4.85. The maximum atomic E-state index is 4.39. The van der Waals surface area contributed by atoms with Gasteiger partial charge in [0, 0.05) is 40.4 Å². The Kier molecular flexibility index (Phi) is 8.75. The van der Waals surface area contributed by atoms with Crippen molar-refractivity contribution in [1.29, 1.82) is 0 Å². The normalized spacial score (nSPS) is 12.7. The summed E-state index contributed by atoms with van der Waals surface area (Å²) in [6, 6.07) is 15.1. The molecule has 2 rings (SSSR count). The van der Waals surface area contributed by atoms with Crippen LogP contribution in [-0.2, 0) is 6.54 Å². The lowest BCUT2D eigenvalue weighted by Crippen LogP contribution is -2.43. The van der Waals surface area contributed by atoms with Gasteiger partial charge in [0.05, 0.1) is 6.04 Å². The summed E-state index contributed by atoms with van der Waals surface area (Å²) in [6.45, 7) is 7.92. The van der Waals surface area contributed by atoms with E-state index < -0.39 is 0 Å². The fraction of sp³-hybridized carbons (Fsp3) is 0.455. The fourth-order valence-corrected chi connectivity index (χ4v) is 3.21. The Morgan fingerprint density at radius 1 is 1.07 bits per heavy atom. The molecule has 1 aromatic heterocycles. The number of aromatic nitrogens is 1. The first-order valence-electron chi connectivity index (χ1n) is 9.94. The summed E-state index contributed by atoms with van der Waals surface area (Å²) in [5.74, 6) is 1.75. The molecule has 0 aliphatic heterocycles. The molecule has 2 N–H and O–H groups in total. The predicted molar refractivity (Wildman–Crippen MR) is 119 cm³/mol. The van der Waals surface area contributed by atoms with E-state index in [1.54, 1.807) is 0 Å². The summed E-state index contributed by atoms with van der Waals surface area (Å²) in [6.07, 6.45) is 1.84. The van der Waals surface area contributed by atoms with Gasteiger partial charge in [-0.2, -0.15) is 0 Å². The summed E-state index contributed by atoms with van der Waals surface area (Å²) in [7, 11) is 5.80. The Morgan fingerprint density at radius 3 is 2.39 bits per heavy atom. The van der Waals surface area contributed by atoms with E-state index >= 15 is 0 Å². The topological polar surface area (TPSA) is 55.8 Å². The first-order valence-corrected chi connectivity index (χ1v) is 9.94. The number of hydrogen-bond acceptors (Lipinski definition) is 4. The lowest BCUT2D eigenvalue weighted by molar-refractivity contribution is 0.219. The highest BCUT2D eigenvalue weighted by Gasteiger charge is 2.18. The van der Waals surface area contributed by atoms with Crippen LogP contribution in [0, 0.1) is 0 Å². The van der Waals surface area contributed by atoms with Gasteiger partial charge < -0.3 is 15.5 Å². The van der Waals surface area contributed by atoms with Gasteiger partial charge in [-0.25, -0.2) is 4.98 Å². The van der Waals surface area contributed by atoms with Crippen LogP contribution in [0.5, 0.6) is 0 Å². The van der Waals surface area contributed by atoms with E-state index in [1.165, 1.54) is 11.1 Å². The zero-order chi connectivity index (χ0) is 20.4. The van der Waals surface area contributed by atoms with Crippen molar-refractivity contribution in [3.05, 3.63) is 59.8 Å². The van der Waals surface area contributed by atoms with Crippen LogP contribution in [0.1, 0.15) is 31.0 Å². The Labute approximate surface area is 169 Å². The number of pyridine rings is 1. The highest BCUT2D eigenvalue weighted by Crippen LogP contribution is 2.19. The number of anilines is 1. The molecule has 1 atom stereocenters. The first-order chi connectivity index (χ1) is 13.6. The minimum atomic E-state index is 0.302. The zero-order valence-electron chi connectivity index (χ0n) is 17.8. The van der Waals surface area contributed by atoms with Crippen LogP contribution in [0.2, 0.25) is 0 Å². The molecule has 0 radical (unpaired) electrons. The fourth-order valence-electron chi connectivity index (χ4n) is 3.21. The molecule has 1 unspecified atom stereocenters. The van der Waals surface area contributed by atoms with Gasteiger partial charge >= 0.3 is 0 Å². The predicted octanol–water partition coefficient (Wildman–Crippen LogP) is 2.90. The number of aliphatic imine (C=N–C) groups is 1. The molecule has 0 saturated heterocycles.